The number of carbonyl (C=O) groups is 4. The van der Waals surface area contributed by atoms with E-state index in [9.17, 15) is 43.2 Å². The lowest BCUT2D eigenvalue weighted by Gasteiger charge is -2.21. The Morgan fingerprint density at radius 3 is 0.914 bits per heavy atom. The number of hydrogen-bond acceptors (Lipinski definition) is 15. The number of unbranched alkanes of at least 4 members (excludes halogenated alkanes) is 26. The van der Waals surface area contributed by atoms with Gasteiger partial charge in [0.2, 0.25) is 0 Å². The van der Waals surface area contributed by atoms with E-state index >= 15 is 0 Å². The zero-order valence-corrected chi connectivity index (χ0v) is 45.8. The van der Waals surface area contributed by atoms with Gasteiger partial charge in [0.25, 0.3) is 0 Å². The van der Waals surface area contributed by atoms with E-state index in [1.165, 1.54) is 103 Å². The van der Waals surface area contributed by atoms with Gasteiger partial charge in [-0.05, 0) is 25.7 Å². The predicted molar refractivity (Wildman–Crippen MR) is 271 cm³/mol. The molecule has 0 aliphatic rings. The molecular weight excluding hydrogens is 946 g/mol. The molecule has 0 radical (unpaired) electrons. The van der Waals surface area contributed by atoms with Crippen molar-refractivity contribution < 1.29 is 80.2 Å². The van der Waals surface area contributed by atoms with E-state index in [0.717, 1.165) is 64.2 Å². The second kappa shape index (κ2) is 46.8. The predicted octanol–water partition coefficient (Wildman–Crippen LogP) is 12.9. The van der Waals surface area contributed by atoms with E-state index in [-0.39, 0.29) is 25.7 Å². The Bertz CT molecular complexity index is 1390. The van der Waals surface area contributed by atoms with E-state index in [0.29, 0.717) is 25.7 Å². The molecular formula is C51H98O17P2. The first-order valence-corrected chi connectivity index (χ1v) is 30.3. The molecule has 0 spiro atoms. The Kier molecular flexibility index (Phi) is 45.5. The van der Waals surface area contributed by atoms with Gasteiger partial charge in [-0.15, -0.1) is 0 Å². The van der Waals surface area contributed by atoms with Gasteiger partial charge in [0, 0.05) is 25.7 Å². The van der Waals surface area contributed by atoms with Crippen molar-refractivity contribution >= 4 is 39.5 Å². The molecule has 0 bridgehead atoms. The van der Waals surface area contributed by atoms with Gasteiger partial charge >= 0.3 is 39.5 Å². The zero-order chi connectivity index (χ0) is 52.0. The van der Waals surface area contributed by atoms with Gasteiger partial charge in [-0.1, -0.05) is 195 Å². The van der Waals surface area contributed by atoms with Gasteiger partial charge in [-0.3, -0.25) is 37.3 Å². The number of aliphatic hydroxyl groups excluding tert-OH is 1. The zero-order valence-electron chi connectivity index (χ0n) is 44.0. The number of phosphoric ester groups is 2. The number of ether oxygens (including phenoxy) is 4. The Hall–Kier alpha value is -1.94. The first-order chi connectivity index (χ1) is 33.7. The number of aliphatic hydroxyl groups is 1. The first kappa shape index (κ1) is 68.1. The van der Waals surface area contributed by atoms with Crippen molar-refractivity contribution in [1.82, 2.24) is 0 Å². The van der Waals surface area contributed by atoms with Gasteiger partial charge in [-0.2, -0.15) is 0 Å². The molecule has 0 aliphatic carbocycles. The molecule has 0 saturated carbocycles. The lowest BCUT2D eigenvalue weighted by molar-refractivity contribution is -0.161. The molecule has 5 atom stereocenters. The third-order valence-corrected chi connectivity index (χ3v) is 13.5. The van der Waals surface area contributed by atoms with Crippen molar-refractivity contribution in [3.05, 3.63) is 0 Å². The fourth-order valence-electron chi connectivity index (χ4n) is 7.31. The minimum atomic E-state index is -4.92. The summed E-state index contributed by atoms with van der Waals surface area (Å²) in [7, 11) is -9.82. The summed E-state index contributed by atoms with van der Waals surface area (Å²) in [4.78, 5) is 70.4. The Labute approximate surface area is 422 Å². The molecule has 414 valence electrons. The second-order valence-corrected chi connectivity index (χ2v) is 21.5. The van der Waals surface area contributed by atoms with Crippen LogP contribution in [-0.4, -0.2) is 96.7 Å². The number of rotatable bonds is 52. The highest BCUT2D eigenvalue weighted by Crippen LogP contribution is 2.45. The van der Waals surface area contributed by atoms with Crippen LogP contribution in [0.1, 0.15) is 246 Å². The standard InChI is InChI=1S/C51H98O17P2/c1-5-9-13-15-17-19-21-22-23-24-25-27-29-31-34-38-51(56)68-47(42-62-49(54)37-33-30-28-26-20-18-16-14-10-6-2)44-66-70(59,60)64-40-45(52)39-63-69(57,58)65-43-46(67-50(55)35-12-8-4)41-61-48(53)36-32-11-7-3/h45-47,52H,5-44H2,1-4H3,(H,57,58)(H,59,60)/t45-,46+,47+/m0/s1. The van der Waals surface area contributed by atoms with E-state index in [1.807, 2.05) is 13.8 Å². The van der Waals surface area contributed by atoms with Gasteiger partial charge in [0.15, 0.2) is 12.2 Å². The second-order valence-electron chi connectivity index (χ2n) is 18.6. The summed E-state index contributed by atoms with van der Waals surface area (Å²) in [6.45, 7) is 4.33. The van der Waals surface area contributed by atoms with Crippen LogP contribution in [-0.2, 0) is 65.4 Å². The topological polar surface area (TPSA) is 237 Å². The number of phosphoric acid groups is 2. The van der Waals surface area contributed by atoms with Crippen molar-refractivity contribution in [2.24, 2.45) is 0 Å². The van der Waals surface area contributed by atoms with E-state index in [4.69, 9.17) is 37.0 Å². The monoisotopic (exact) mass is 1040 g/mol. The molecule has 0 fully saturated rings. The van der Waals surface area contributed by atoms with Crippen LogP contribution < -0.4 is 0 Å². The fraction of sp³-hybridized carbons (Fsp3) is 0.922. The third kappa shape index (κ3) is 45.9. The number of carbonyl (C=O) groups excluding carboxylic acids is 4. The minimum Gasteiger partial charge on any atom is -0.462 e. The lowest BCUT2D eigenvalue weighted by Crippen LogP contribution is -2.30. The van der Waals surface area contributed by atoms with E-state index in [1.54, 1.807) is 0 Å². The summed E-state index contributed by atoms with van der Waals surface area (Å²) < 4.78 is 66.5. The summed E-state index contributed by atoms with van der Waals surface area (Å²) in [5, 5.41) is 10.4. The number of hydrogen-bond donors (Lipinski definition) is 3. The maximum absolute atomic E-state index is 12.8. The van der Waals surface area contributed by atoms with E-state index in [2.05, 4.69) is 13.8 Å². The summed E-state index contributed by atoms with van der Waals surface area (Å²) in [5.41, 5.74) is 0. The minimum absolute atomic E-state index is 0.0771. The quantitative estimate of drug-likeness (QED) is 0.0222. The smallest absolute Gasteiger partial charge is 0.462 e. The molecule has 19 heteroatoms. The van der Waals surface area contributed by atoms with Crippen LogP contribution in [0, 0.1) is 0 Å². The summed E-state index contributed by atoms with van der Waals surface area (Å²) in [5.74, 6) is -2.21. The average Bonchev–Trinajstić information content (AvgIpc) is 3.33. The summed E-state index contributed by atoms with van der Waals surface area (Å²) >= 11 is 0. The molecule has 3 N–H and O–H groups in total. The van der Waals surface area contributed by atoms with Gasteiger partial charge in [-0.25, -0.2) is 9.13 Å². The first-order valence-electron chi connectivity index (χ1n) is 27.3. The summed E-state index contributed by atoms with van der Waals surface area (Å²) in [6, 6.07) is 0. The Morgan fingerprint density at radius 2 is 0.586 bits per heavy atom. The average molecular weight is 1050 g/mol. The SMILES string of the molecule is CCCCCCCCCCCCCCCCCC(=O)O[C@H](COC(=O)CCCCCCCCCCCC)COP(=O)(O)OC[C@@H](O)COP(=O)(O)OC[C@@H](COC(=O)CCCCC)OC(=O)CCCC. The molecule has 0 aromatic carbocycles. The third-order valence-electron chi connectivity index (χ3n) is 11.6. The molecule has 0 rings (SSSR count). The van der Waals surface area contributed by atoms with Crippen molar-refractivity contribution in [3.63, 3.8) is 0 Å². The molecule has 0 heterocycles. The molecule has 0 aromatic rings. The molecule has 2 unspecified atom stereocenters. The van der Waals surface area contributed by atoms with Crippen LogP contribution in [0.4, 0.5) is 0 Å². The maximum atomic E-state index is 12.8. The highest BCUT2D eigenvalue weighted by Gasteiger charge is 2.30. The van der Waals surface area contributed by atoms with Crippen molar-refractivity contribution in [2.75, 3.05) is 39.6 Å². The van der Waals surface area contributed by atoms with Crippen molar-refractivity contribution in [2.45, 2.75) is 264 Å². The van der Waals surface area contributed by atoms with Crippen LogP contribution >= 0.6 is 15.6 Å². The Morgan fingerprint density at radius 1 is 0.343 bits per heavy atom. The molecule has 70 heavy (non-hydrogen) atoms. The highest BCUT2D eigenvalue weighted by molar-refractivity contribution is 7.47. The normalized spacial score (nSPS) is 14.6. The Balaban J connectivity index is 5.02. The molecule has 0 amide bonds. The maximum Gasteiger partial charge on any atom is 0.472 e. The van der Waals surface area contributed by atoms with Crippen molar-refractivity contribution in [3.8, 4) is 0 Å². The highest BCUT2D eigenvalue weighted by atomic mass is 31.2. The lowest BCUT2D eigenvalue weighted by atomic mass is 10.0. The fourth-order valence-corrected chi connectivity index (χ4v) is 8.89. The van der Waals surface area contributed by atoms with Crippen LogP contribution in [0.3, 0.4) is 0 Å². The largest absolute Gasteiger partial charge is 0.472 e. The van der Waals surface area contributed by atoms with E-state index < -0.39 is 97.5 Å². The van der Waals surface area contributed by atoms with Crippen LogP contribution in [0.5, 0.6) is 0 Å². The van der Waals surface area contributed by atoms with Crippen LogP contribution in [0.2, 0.25) is 0 Å². The van der Waals surface area contributed by atoms with Gasteiger partial charge in [0.05, 0.1) is 26.4 Å². The molecule has 0 saturated heterocycles. The number of esters is 4. The molecule has 0 aromatic heterocycles. The van der Waals surface area contributed by atoms with Crippen LogP contribution in [0.25, 0.3) is 0 Å². The van der Waals surface area contributed by atoms with Crippen molar-refractivity contribution in [1.29, 1.82) is 0 Å². The molecule has 17 nitrogen and oxygen atoms in total. The summed E-state index contributed by atoms with van der Waals surface area (Å²) in [6.07, 6.45) is 28.7. The van der Waals surface area contributed by atoms with Gasteiger partial charge in [0.1, 0.15) is 19.3 Å². The molecule has 0 aliphatic heterocycles. The van der Waals surface area contributed by atoms with Gasteiger partial charge < -0.3 is 33.8 Å². The van der Waals surface area contributed by atoms with Crippen LogP contribution in [0.15, 0.2) is 0 Å².